The van der Waals surface area contributed by atoms with Gasteiger partial charge < -0.3 is 14.4 Å². The minimum Gasteiger partial charge on any atom is -0.469 e. The number of nitrogens with zero attached hydrogens (tertiary/aromatic N) is 2. The Morgan fingerprint density at radius 3 is 2.77 bits per heavy atom. The van der Waals surface area contributed by atoms with Crippen LogP contribution in [0.2, 0.25) is 0 Å². The molecule has 0 spiro atoms. The highest BCUT2D eigenvalue weighted by Crippen LogP contribution is 2.20. The summed E-state index contributed by atoms with van der Waals surface area (Å²) in [5.74, 6) is -1.16. The number of nitro groups is 1. The van der Waals surface area contributed by atoms with Gasteiger partial charge in [-0.2, -0.15) is 0 Å². The summed E-state index contributed by atoms with van der Waals surface area (Å²) in [5.41, 5.74) is 0.268. The lowest BCUT2D eigenvalue weighted by Crippen LogP contribution is -2.42. The highest BCUT2D eigenvalue weighted by Gasteiger charge is 2.27. The number of ether oxygens (including phenoxy) is 2. The number of para-hydroxylation sites is 1. The minimum atomic E-state index is -0.496. The number of carbonyl (C=O) groups excluding carboxylic acids is 2. The van der Waals surface area contributed by atoms with Gasteiger partial charge in [-0.05, 0) is 12.8 Å². The average molecular weight is 364 g/mol. The molecule has 1 aromatic rings. The van der Waals surface area contributed by atoms with E-state index in [9.17, 15) is 19.7 Å². The normalized spacial score (nSPS) is 17.5. The fourth-order valence-corrected chi connectivity index (χ4v) is 3.03. The lowest BCUT2D eigenvalue weighted by molar-refractivity contribution is -0.385. The van der Waals surface area contributed by atoms with Crippen molar-refractivity contribution in [1.29, 1.82) is 0 Å². The maximum absolute atomic E-state index is 12.8. The maximum Gasteiger partial charge on any atom is 0.310 e. The van der Waals surface area contributed by atoms with E-state index in [1.54, 1.807) is 30.0 Å². The third-order valence-corrected chi connectivity index (χ3v) is 4.43. The monoisotopic (exact) mass is 364 g/mol. The molecule has 142 valence electrons. The number of methoxy groups -OCH3 is 1. The van der Waals surface area contributed by atoms with E-state index in [2.05, 4.69) is 0 Å². The average Bonchev–Trinajstić information content (AvgIpc) is 3.13. The van der Waals surface area contributed by atoms with Gasteiger partial charge >= 0.3 is 5.97 Å². The number of hydrogen-bond donors (Lipinski definition) is 0. The molecule has 1 aliphatic rings. The number of esters is 1. The van der Waals surface area contributed by atoms with E-state index >= 15 is 0 Å². The van der Waals surface area contributed by atoms with E-state index in [0.29, 0.717) is 18.7 Å². The van der Waals surface area contributed by atoms with Crippen molar-refractivity contribution < 1.29 is 24.0 Å². The first kappa shape index (κ1) is 19.8. The second-order valence-corrected chi connectivity index (χ2v) is 6.42. The third kappa shape index (κ3) is 5.26. The van der Waals surface area contributed by atoms with Crippen LogP contribution in [-0.2, 0) is 25.5 Å². The van der Waals surface area contributed by atoms with Gasteiger partial charge in [-0.15, -0.1) is 0 Å². The van der Waals surface area contributed by atoms with E-state index in [4.69, 9.17) is 9.47 Å². The third-order valence-electron chi connectivity index (χ3n) is 4.43. The largest absolute Gasteiger partial charge is 0.469 e. The van der Waals surface area contributed by atoms with Gasteiger partial charge in [0.15, 0.2) is 0 Å². The molecule has 8 heteroatoms. The molecule has 2 atom stereocenters. The summed E-state index contributed by atoms with van der Waals surface area (Å²) in [5, 5.41) is 11.2. The summed E-state index contributed by atoms with van der Waals surface area (Å²) >= 11 is 0. The Morgan fingerprint density at radius 2 is 2.15 bits per heavy atom. The Labute approximate surface area is 152 Å². The van der Waals surface area contributed by atoms with Gasteiger partial charge in [-0.25, -0.2) is 0 Å². The van der Waals surface area contributed by atoms with Crippen molar-refractivity contribution in [3.8, 4) is 0 Å². The number of rotatable bonds is 8. The van der Waals surface area contributed by atoms with Gasteiger partial charge in [0.05, 0.1) is 30.5 Å². The maximum atomic E-state index is 12.8. The van der Waals surface area contributed by atoms with Gasteiger partial charge in [0.25, 0.3) is 5.69 Å². The lowest BCUT2D eigenvalue weighted by atomic mass is 10.1. The number of carbonyl (C=O) groups is 2. The first-order valence-electron chi connectivity index (χ1n) is 8.62. The molecule has 1 saturated heterocycles. The van der Waals surface area contributed by atoms with Crippen LogP contribution in [-0.4, -0.2) is 54.6 Å². The van der Waals surface area contributed by atoms with Gasteiger partial charge in [0.1, 0.15) is 0 Å². The van der Waals surface area contributed by atoms with Crippen LogP contribution in [0, 0.1) is 16.0 Å². The van der Waals surface area contributed by atoms with Crippen LogP contribution in [0.25, 0.3) is 0 Å². The number of benzene rings is 1. The van der Waals surface area contributed by atoms with Crippen LogP contribution in [0.3, 0.4) is 0 Å². The first-order chi connectivity index (χ1) is 12.4. The van der Waals surface area contributed by atoms with E-state index < -0.39 is 16.8 Å². The zero-order chi connectivity index (χ0) is 19.1. The lowest BCUT2D eigenvalue weighted by Gasteiger charge is -2.27. The van der Waals surface area contributed by atoms with Gasteiger partial charge in [-0.3, -0.25) is 19.7 Å². The summed E-state index contributed by atoms with van der Waals surface area (Å²) in [4.78, 5) is 36.8. The van der Waals surface area contributed by atoms with E-state index in [1.807, 2.05) is 0 Å². The van der Waals surface area contributed by atoms with Crippen LogP contribution in [0.5, 0.6) is 0 Å². The Kier molecular flexibility index (Phi) is 7.08. The Hall–Kier alpha value is -2.48. The molecule has 1 fully saturated rings. The molecule has 26 heavy (non-hydrogen) atoms. The summed E-state index contributed by atoms with van der Waals surface area (Å²) in [6.45, 7) is 2.89. The van der Waals surface area contributed by atoms with Crippen LogP contribution in [0.4, 0.5) is 5.69 Å². The smallest absolute Gasteiger partial charge is 0.310 e. The summed E-state index contributed by atoms with van der Waals surface area (Å²) in [7, 11) is 1.30. The molecule has 0 radical (unpaired) electrons. The van der Waals surface area contributed by atoms with Crippen LogP contribution in [0.1, 0.15) is 25.3 Å². The van der Waals surface area contributed by atoms with E-state index in [0.717, 1.165) is 12.8 Å². The predicted octanol–water partition coefficient (Wildman–Crippen LogP) is 1.95. The summed E-state index contributed by atoms with van der Waals surface area (Å²) < 4.78 is 10.3. The first-order valence-corrected chi connectivity index (χ1v) is 8.62. The Bertz CT molecular complexity index is 657. The molecule has 0 aromatic heterocycles. The number of amides is 1. The molecule has 1 aromatic carbocycles. The molecular formula is C18H24N2O6. The molecule has 0 bridgehead atoms. The predicted molar refractivity (Wildman–Crippen MR) is 93.5 cm³/mol. The summed E-state index contributed by atoms with van der Waals surface area (Å²) in [6.07, 6.45) is 1.61. The highest BCUT2D eigenvalue weighted by atomic mass is 16.6. The van der Waals surface area contributed by atoms with Gasteiger partial charge in [-0.1, -0.05) is 25.1 Å². The minimum absolute atomic E-state index is 0.0745. The van der Waals surface area contributed by atoms with Crippen LogP contribution in [0.15, 0.2) is 24.3 Å². The molecule has 8 nitrogen and oxygen atoms in total. The van der Waals surface area contributed by atoms with Gasteiger partial charge in [0.2, 0.25) is 5.91 Å². The number of hydrogen-bond acceptors (Lipinski definition) is 6. The van der Waals surface area contributed by atoms with Crippen molar-refractivity contribution in [2.24, 2.45) is 5.92 Å². The van der Waals surface area contributed by atoms with Crippen LogP contribution < -0.4 is 0 Å². The highest BCUT2D eigenvalue weighted by molar-refractivity contribution is 5.81. The van der Waals surface area contributed by atoms with E-state index in [1.165, 1.54) is 13.2 Å². The standard InChI is InChI=1S/C18H24N2O6/c1-13(18(22)25-2)11-19(12-15-7-5-9-26-15)17(21)10-14-6-3-4-8-16(14)20(23)24/h3-4,6,8,13,15H,5,7,9-12H2,1-2H3. The molecule has 1 aliphatic heterocycles. The van der Waals surface area contributed by atoms with Crippen molar-refractivity contribution in [2.75, 3.05) is 26.8 Å². The van der Waals surface area contributed by atoms with Crippen molar-refractivity contribution in [2.45, 2.75) is 32.3 Å². The molecular weight excluding hydrogens is 340 g/mol. The fraction of sp³-hybridized carbons (Fsp3) is 0.556. The Morgan fingerprint density at radius 1 is 1.42 bits per heavy atom. The van der Waals surface area contributed by atoms with Gasteiger partial charge in [0, 0.05) is 31.3 Å². The fourth-order valence-electron chi connectivity index (χ4n) is 3.03. The van der Waals surface area contributed by atoms with Crippen molar-refractivity contribution in [3.63, 3.8) is 0 Å². The zero-order valence-electron chi connectivity index (χ0n) is 15.1. The van der Waals surface area contributed by atoms with Crippen molar-refractivity contribution >= 4 is 17.6 Å². The zero-order valence-corrected chi connectivity index (χ0v) is 15.1. The quantitative estimate of drug-likeness (QED) is 0.397. The Balaban J connectivity index is 2.13. The SMILES string of the molecule is COC(=O)C(C)CN(CC1CCCO1)C(=O)Cc1ccccc1[N+](=O)[O-]. The molecule has 0 N–H and O–H groups in total. The summed E-state index contributed by atoms with van der Waals surface area (Å²) in [6, 6.07) is 6.18. The van der Waals surface area contributed by atoms with Crippen molar-refractivity contribution in [3.05, 3.63) is 39.9 Å². The molecule has 1 heterocycles. The van der Waals surface area contributed by atoms with Crippen LogP contribution >= 0.6 is 0 Å². The molecule has 0 saturated carbocycles. The topological polar surface area (TPSA) is 99.0 Å². The second kappa shape index (κ2) is 9.28. The number of nitro benzene ring substituents is 1. The molecule has 0 aliphatic carbocycles. The van der Waals surface area contributed by atoms with E-state index in [-0.39, 0.29) is 30.7 Å². The molecule has 2 unspecified atom stereocenters. The molecule has 1 amide bonds. The van der Waals surface area contributed by atoms with Crippen molar-refractivity contribution in [1.82, 2.24) is 4.90 Å². The molecule has 2 rings (SSSR count). The second-order valence-electron chi connectivity index (χ2n) is 6.42.